The highest BCUT2D eigenvalue weighted by Gasteiger charge is 2.36. The van der Waals surface area contributed by atoms with Crippen molar-refractivity contribution < 1.29 is 22.6 Å². The van der Waals surface area contributed by atoms with Gasteiger partial charge in [-0.25, -0.2) is 22.4 Å². The summed E-state index contributed by atoms with van der Waals surface area (Å²) in [5.41, 5.74) is 2.21. The van der Waals surface area contributed by atoms with Crippen molar-refractivity contribution in [3.05, 3.63) is 30.2 Å². The predicted octanol–water partition coefficient (Wildman–Crippen LogP) is 3.04. The molecule has 0 aliphatic carbocycles. The fraction of sp³-hybridized carbons (Fsp3) is 0.500. The zero-order valence-corrected chi connectivity index (χ0v) is 20.4. The lowest BCUT2D eigenvalue weighted by Crippen LogP contribution is -2.57. The number of hydrogen-bond acceptors (Lipinski definition) is 8. The molecule has 0 radical (unpaired) electrons. The third-order valence-corrected chi connectivity index (χ3v) is 7.17. The molecule has 10 nitrogen and oxygen atoms in total. The monoisotopic (exact) mass is 516 g/mol. The zero-order chi connectivity index (χ0) is 25.7. The van der Waals surface area contributed by atoms with Crippen LogP contribution in [-0.4, -0.2) is 92.8 Å². The molecule has 6 rings (SSSR count). The van der Waals surface area contributed by atoms with Crippen molar-refractivity contribution in [1.29, 1.82) is 0 Å². The highest BCUT2D eigenvalue weighted by molar-refractivity contribution is 5.89. The highest BCUT2D eigenvalue weighted by Crippen LogP contribution is 2.36. The van der Waals surface area contributed by atoms with E-state index in [1.807, 2.05) is 0 Å². The van der Waals surface area contributed by atoms with Gasteiger partial charge in [0.2, 0.25) is 11.8 Å². The number of ether oxygens (including phenoxy) is 2. The van der Waals surface area contributed by atoms with Crippen molar-refractivity contribution in [2.45, 2.75) is 37.6 Å². The van der Waals surface area contributed by atoms with Gasteiger partial charge in [-0.3, -0.25) is 4.90 Å². The molecular formula is C24H27F3N8O2. The number of rotatable bonds is 7. The molecule has 2 fully saturated rings. The first-order valence-electron chi connectivity index (χ1n) is 12.2. The number of likely N-dealkylation sites (tertiary alicyclic amines) is 1. The second-order valence-corrected chi connectivity index (χ2v) is 9.57. The molecule has 1 aromatic carbocycles. The number of fused-ring (bicyclic) bond motifs is 2. The van der Waals surface area contributed by atoms with Crippen LogP contribution in [0.4, 0.5) is 19.1 Å². The van der Waals surface area contributed by atoms with E-state index in [9.17, 15) is 8.78 Å². The summed E-state index contributed by atoms with van der Waals surface area (Å²) < 4.78 is 57.2. The van der Waals surface area contributed by atoms with Crippen molar-refractivity contribution in [1.82, 2.24) is 34.5 Å². The van der Waals surface area contributed by atoms with E-state index in [-0.39, 0.29) is 23.4 Å². The Morgan fingerprint density at radius 2 is 2.14 bits per heavy atom. The third-order valence-electron chi connectivity index (χ3n) is 7.17. The molecule has 2 aliphatic heterocycles. The second-order valence-electron chi connectivity index (χ2n) is 9.57. The van der Waals surface area contributed by atoms with E-state index in [4.69, 9.17) is 9.47 Å². The van der Waals surface area contributed by atoms with Gasteiger partial charge in [0.15, 0.2) is 5.82 Å². The second kappa shape index (κ2) is 9.45. The maximum Gasteiger partial charge on any atom is 0.244 e. The van der Waals surface area contributed by atoms with Crippen molar-refractivity contribution in [2.75, 3.05) is 45.4 Å². The van der Waals surface area contributed by atoms with Gasteiger partial charge < -0.3 is 14.8 Å². The van der Waals surface area contributed by atoms with Gasteiger partial charge >= 0.3 is 0 Å². The highest BCUT2D eigenvalue weighted by atomic mass is 19.1. The summed E-state index contributed by atoms with van der Waals surface area (Å²) in [4.78, 5) is 6.54. The van der Waals surface area contributed by atoms with Gasteiger partial charge in [-0.2, -0.15) is 4.98 Å². The Morgan fingerprint density at radius 1 is 1.30 bits per heavy atom. The fourth-order valence-corrected chi connectivity index (χ4v) is 5.00. The number of aromatic nitrogens is 6. The molecule has 5 heterocycles. The number of halogens is 3. The first-order valence-corrected chi connectivity index (χ1v) is 12.2. The van der Waals surface area contributed by atoms with E-state index < -0.39 is 30.7 Å². The summed E-state index contributed by atoms with van der Waals surface area (Å²) in [6.07, 6.45) is 0.690. The maximum absolute atomic E-state index is 15.3. The van der Waals surface area contributed by atoms with Gasteiger partial charge in [-0.05, 0) is 31.0 Å². The Bertz CT molecular complexity index is 1440. The largest absolute Gasteiger partial charge is 0.479 e. The van der Waals surface area contributed by atoms with Gasteiger partial charge in [0.25, 0.3) is 0 Å². The van der Waals surface area contributed by atoms with Crippen LogP contribution in [0, 0.1) is 5.82 Å². The van der Waals surface area contributed by atoms with Gasteiger partial charge in [0.1, 0.15) is 23.9 Å². The topological polar surface area (TPSA) is 94.6 Å². The quantitative estimate of drug-likeness (QED) is 0.401. The molecular weight excluding hydrogens is 489 g/mol. The number of nitrogens with zero attached hydrogens (tertiary/aromatic N) is 7. The normalized spacial score (nSPS) is 21.9. The maximum atomic E-state index is 15.3. The summed E-state index contributed by atoms with van der Waals surface area (Å²) in [6.45, 7) is 3.41. The fourth-order valence-electron chi connectivity index (χ4n) is 5.00. The molecule has 0 saturated carbocycles. The molecule has 2 aliphatic rings. The minimum absolute atomic E-state index is 0.139. The van der Waals surface area contributed by atoms with Crippen molar-refractivity contribution in [3.63, 3.8) is 0 Å². The number of nitrogens with one attached hydrogen (secondary N) is 1. The van der Waals surface area contributed by atoms with Crippen LogP contribution in [0.25, 0.3) is 27.7 Å². The molecule has 1 N–H and O–H groups in total. The van der Waals surface area contributed by atoms with E-state index in [1.165, 1.54) is 22.5 Å². The van der Waals surface area contributed by atoms with E-state index in [1.54, 1.807) is 25.1 Å². The van der Waals surface area contributed by atoms with Crippen LogP contribution in [0.2, 0.25) is 0 Å². The number of piperidine rings is 1. The van der Waals surface area contributed by atoms with E-state index >= 15 is 4.39 Å². The molecule has 0 unspecified atom stereocenters. The number of methoxy groups -OCH3 is 1. The summed E-state index contributed by atoms with van der Waals surface area (Å²) in [5, 5.41) is 15.6. The minimum Gasteiger partial charge on any atom is -0.479 e. The average Bonchev–Trinajstić information content (AvgIpc) is 3.43. The summed E-state index contributed by atoms with van der Waals surface area (Å²) >= 11 is 0. The molecule has 37 heavy (non-hydrogen) atoms. The molecule has 196 valence electrons. The smallest absolute Gasteiger partial charge is 0.244 e. The minimum atomic E-state index is -1.12. The molecule has 13 heteroatoms. The Morgan fingerprint density at radius 3 is 2.84 bits per heavy atom. The Balaban J connectivity index is 1.33. The van der Waals surface area contributed by atoms with Gasteiger partial charge in [0, 0.05) is 13.1 Å². The lowest BCUT2D eigenvalue weighted by Gasteiger charge is -2.42. The number of benzene rings is 1. The summed E-state index contributed by atoms with van der Waals surface area (Å²) in [7, 11) is 1.43. The standard InChI is InChI=1S/C24H27F3N8O2/c1-13(8-25)35-20-7-14(3-4-19(20)30-32-35)21-17(27)10-34-22(21)23(36-2)29-24(31-34)28-18-5-6-33(9-16(18)26)15-11-37-12-15/h3-4,7,10,13,15-16,18H,5-6,8-9,11-12H2,1-2H3,(H,28,31)/t13-,16+,18-/m1/s1. The van der Waals surface area contributed by atoms with Gasteiger partial charge in [-0.1, -0.05) is 11.3 Å². The Labute approximate surface area is 210 Å². The van der Waals surface area contributed by atoms with Crippen LogP contribution in [-0.2, 0) is 4.74 Å². The summed E-state index contributed by atoms with van der Waals surface area (Å²) in [5.74, 6) is -0.255. The number of anilines is 1. The molecule has 0 spiro atoms. The van der Waals surface area contributed by atoms with Crippen LogP contribution in [0.3, 0.4) is 0 Å². The first-order chi connectivity index (χ1) is 18.0. The SMILES string of the molecule is COc1nc(N[C@@H]2CCN(C3COC3)C[C@@H]2F)nn2cc(F)c(-c3ccc4nnn([C@H](C)CF)c4c3)c12. The number of hydrogen-bond donors (Lipinski definition) is 1. The third kappa shape index (κ3) is 4.15. The van der Waals surface area contributed by atoms with Crippen LogP contribution >= 0.6 is 0 Å². The van der Waals surface area contributed by atoms with Crippen LogP contribution < -0.4 is 10.1 Å². The van der Waals surface area contributed by atoms with Crippen LogP contribution in [0.1, 0.15) is 19.4 Å². The lowest BCUT2D eigenvalue weighted by molar-refractivity contribution is -0.0794. The lowest BCUT2D eigenvalue weighted by atomic mass is 10.0. The summed E-state index contributed by atoms with van der Waals surface area (Å²) in [6, 6.07) is 4.40. The Hall–Kier alpha value is -3.45. The van der Waals surface area contributed by atoms with Crippen molar-refractivity contribution in [3.8, 4) is 17.0 Å². The van der Waals surface area contributed by atoms with E-state index in [0.29, 0.717) is 48.3 Å². The average molecular weight is 517 g/mol. The Kier molecular flexibility index (Phi) is 6.11. The molecule has 3 atom stereocenters. The van der Waals surface area contributed by atoms with Crippen molar-refractivity contribution in [2.24, 2.45) is 0 Å². The van der Waals surface area contributed by atoms with E-state index in [0.717, 1.165) is 6.54 Å². The van der Waals surface area contributed by atoms with Gasteiger partial charge in [-0.15, -0.1) is 10.2 Å². The van der Waals surface area contributed by atoms with Crippen LogP contribution in [0.5, 0.6) is 5.88 Å². The molecule has 2 saturated heterocycles. The molecule has 0 bridgehead atoms. The van der Waals surface area contributed by atoms with Crippen molar-refractivity contribution >= 4 is 22.5 Å². The van der Waals surface area contributed by atoms with E-state index in [2.05, 4.69) is 30.6 Å². The van der Waals surface area contributed by atoms with Crippen LogP contribution in [0.15, 0.2) is 24.4 Å². The van der Waals surface area contributed by atoms with Gasteiger partial charge in [0.05, 0.1) is 55.7 Å². The molecule has 3 aromatic heterocycles. The zero-order valence-electron chi connectivity index (χ0n) is 20.4. The first kappa shape index (κ1) is 23.9. The molecule has 4 aromatic rings. The molecule has 0 amide bonds. The predicted molar refractivity (Wildman–Crippen MR) is 130 cm³/mol. The number of alkyl halides is 2.